The van der Waals surface area contributed by atoms with Gasteiger partial charge in [-0.15, -0.1) is 0 Å². The fraction of sp³-hybridized carbons (Fsp3) is 0.211. The number of carbonyl (C=O) groups is 1. The van der Waals surface area contributed by atoms with Crippen molar-refractivity contribution < 1.29 is 13.2 Å². The minimum atomic E-state index is -3.86. The first-order chi connectivity index (χ1) is 11.9. The highest BCUT2D eigenvalue weighted by molar-refractivity contribution is 7.97. The van der Waals surface area contributed by atoms with E-state index in [4.69, 9.17) is 0 Å². The lowest BCUT2D eigenvalue weighted by Gasteiger charge is -2.16. The monoisotopic (exact) mass is 356 g/mol. The number of para-hydroxylation sites is 1. The zero-order chi connectivity index (χ0) is 18.0. The maximum atomic E-state index is 12.9. The van der Waals surface area contributed by atoms with Crippen LogP contribution in [0.5, 0.6) is 0 Å². The molecule has 0 spiro atoms. The molecule has 2 aromatic carbocycles. The van der Waals surface area contributed by atoms with Gasteiger partial charge in [-0.2, -0.15) is 0 Å². The standard InChI is InChI=1S/C19H20N2O3S/c1-3-13(2)20-17-15-11-7-8-12-16(15)25(23,24)18(17)19(22)21-14-9-5-4-6-10-14/h4-13,20H,3H2,1-2H3,(H,21,22). The highest BCUT2D eigenvalue weighted by Gasteiger charge is 2.40. The van der Waals surface area contributed by atoms with E-state index in [2.05, 4.69) is 10.6 Å². The Hall–Kier alpha value is -2.60. The Morgan fingerprint density at radius 1 is 1.04 bits per heavy atom. The first kappa shape index (κ1) is 17.2. The number of hydrogen-bond acceptors (Lipinski definition) is 4. The van der Waals surface area contributed by atoms with Crippen LogP contribution >= 0.6 is 0 Å². The number of rotatable bonds is 5. The van der Waals surface area contributed by atoms with Crippen molar-refractivity contribution in [2.75, 3.05) is 5.32 Å². The van der Waals surface area contributed by atoms with Crippen LogP contribution in [0, 0.1) is 0 Å². The molecule has 5 nitrogen and oxygen atoms in total. The van der Waals surface area contributed by atoms with Crippen molar-refractivity contribution >= 4 is 27.1 Å². The van der Waals surface area contributed by atoms with Gasteiger partial charge in [0.15, 0.2) is 4.91 Å². The molecular weight excluding hydrogens is 336 g/mol. The van der Waals surface area contributed by atoms with Gasteiger partial charge >= 0.3 is 0 Å². The summed E-state index contributed by atoms with van der Waals surface area (Å²) in [7, 11) is -3.86. The second-order valence-electron chi connectivity index (χ2n) is 5.98. The molecule has 0 fully saturated rings. The van der Waals surface area contributed by atoms with Gasteiger partial charge in [0, 0.05) is 17.3 Å². The van der Waals surface area contributed by atoms with Gasteiger partial charge in [-0.1, -0.05) is 43.3 Å². The van der Waals surface area contributed by atoms with Gasteiger partial charge in [-0.05, 0) is 31.5 Å². The van der Waals surface area contributed by atoms with Crippen LogP contribution in [-0.4, -0.2) is 20.4 Å². The summed E-state index contributed by atoms with van der Waals surface area (Å²) >= 11 is 0. The van der Waals surface area contributed by atoms with E-state index in [-0.39, 0.29) is 15.8 Å². The third-order valence-electron chi connectivity index (χ3n) is 4.18. The molecular formula is C19H20N2O3S. The number of hydrogen-bond donors (Lipinski definition) is 2. The number of benzene rings is 2. The highest BCUT2D eigenvalue weighted by atomic mass is 32.2. The third kappa shape index (κ3) is 3.17. The van der Waals surface area contributed by atoms with Gasteiger partial charge in [0.05, 0.1) is 10.6 Å². The molecule has 0 radical (unpaired) electrons. The Kier molecular flexibility index (Phi) is 4.63. The summed E-state index contributed by atoms with van der Waals surface area (Å²) in [6, 6.07) is 15.5. The average molecular weight is 356 g/mol. The Labute approximate surface area is 147 Å². The van der Waals surface area contributed by atoms with Crippen LogP contribution in [-0.2, 0) is 14.6 Å². The summed E-state index contributed by atoms with van der Waals surface area (Å²) < 4.78 is 25.9. The lowest BCUT2D eigenvalue weighted by molar-refractivity contribution is -0.112. The second kappa shape index (κ2) is 6.72. The summed E-state index contributed by atoms with van der Waals surface area (Å²) in [4.78, 5) is 12.7. The number of fused-ring (bicyclic) bond motifs is 1. The molecule has 3 rings (SSSR count). The van der Waals surface area contributed by atoms with Crippen molar-refractivity contribution in [1.82, 2.24) is 5.32 Å². The fourth-order valence-corrected chi connectivity index (χ4v) is 4.38. The minimum Gasteiger partial charge on any atom is -0.381 e. The lowest BCUT2D eigenvalue weighted by atomic mass is 10.1. The minimum absolute atomic E-state index is 0.0379. The quantitative estimate of drug-likeness (QED) is 0.863. The molecule has 0 aliphatic carbocycles. The Bertz CT molecular complexity index is 934. The summed E-state index contributed by atoms with van der Waals surface area (Å²) in [5, 5.41) is 5.88. The van der Waals surface area contributed by atoms with Crippen molar-refractivity contribution in [3.63, 3.8) is 0 Å². The van der Waals surface area contributed by atoms with Crippen LogP contribution in [0.4, 0.5) is 5.69 Å². The number of carbonyl (C=O) groups excluding carboxylic acids is 1. The van der Waals surface area contributed by atoms with E-state index >= 15 is 0 Å². The normalized spacial score (nSPS) is 16.2. The third-order valence-corrected chi connectivity index (χ3v) is 6.04. The summed E-state index contributed by atoms with van der Waals surface area (Å²) in [5.74, 6) is -0.631. The number of anilines is 1. The van der Waals surface area contributed by atoms with Gasteiger partial charge in [-0.25, -0.2) is 8.42 Å². The summed E-state index contributed by atoms with van der Waals surface area (Å²) in [6.07, 6.45) is 0.805. The molecule has 1 atom stereocenters. The van der Waals surface area contributed by atoms with E-state index in [1.54, 1.807) is 42.5 Å². The molecule has 2 N–H and O–H groups in total. The zero-order valence-electron chi connectivity index (χ0n) is 14.1. The van der Waals surface area contributed by atoms with E-state index in [1.807, 2.05) is 19.9 Å². The van der Waals surface area contributed by atoms with E-state index < -0.39 is 15.7 Å². The van der Waals surface area contributed by atoms with Gasteiger partial charge < -0.3 is 10.6 Å². The van der Waals surface area contributed by atoms with E-state index in [0.29, 0.717) is 16.9 Å². The van der Waals surface area contributed by atoms with Gasteiger partial charge in [0.25, 0.3) is 5.91 Å². The van der Waals surface area contributed by atoms with Gasteiger partial charge in [0.1, 0.15) is 0 Å². The van der Waals surface area contributed by atoms with Crippen molar-refractivity contribution in [1.29, 1.82) is 0 Å². The van der Waals surface area contributed by atoms with Gasteiger partial charge in [0.2, 0.25) is 9.84 Å². The van der Waals surface area contributed by atoms with Crippen molar-refractivity contribution in [2.45, 2.75) is 31.2 Å². The molecule has 2 aromatic rings. The molecule has 130 valence electrons. The smallest absolute Gasteiger partial charge is 0.269 e. The van der Waals surface area contributed by atoms with Crippen LogP contribution in [0.3, 0.4) is 0 Å². The number of sulfone groups is 1. The summed E-state index contributed by atoms with van der Waals surface area (Å²) in [5.41, 5.74) is 1.47. The van der Waals surface area contributed by atoms with E-state index in [1.165, 1.54) is 6.07 Å². The number of nitrogens with one attached hydrogen (secondary N) is 2. The zero-order valence-corrected chi connectivity index (χ0v) is 14.9. The average Bonchev–Trinajstić information content (AvgIpc) is 2.83. The largest absolute Gasteiger partial charge is 0.381 e. The maximum absolute atomic E-state index is 12.9. The lowest BCUT2D eigenvalue weighted by Crippen LogP contribution is -2.27. The molecule has 1 heterocycles. The van der Waals surface area contributed by atoms with Crippen LogP contribution in [0.15, 0.2) is 64.4 Å². The SMILES string of the molecule is CCC(C)NC1=C(C(=O)Nc2ccccc2)S(=O)(=O)c2ccccc21. The Morgan fingerprint density at radius 3 is 2.36 bits per heavy atom. The molecule has 0 saturated carbocycles. The van der Waals surface area contributed by atoms with E-state index in [9.17, 15) is 13.2 Å². The second-order valence-corrected chi connectivity index (χ2v) is 7.83. The van der Waals surface area contributed by atoms with Crippen molar-refractivity contribution in [2.24, 2.45) is 0 Å². The molecule has 0 aromatic heterocycles. The predicted molar refractivity (Wildman–Crippen MR) is 98.5 cm³/mol. The molecule has 0 bridgehead atoms. The molecule has 1 aliphatic rings. The Morgan fingerprint density at radius 2 is 1.68 bits per heavy atom. The van der Waals surface area contributed by atoms with Gasteiger partial charge in [-0.3, -0.25) is 4.79 Å². The van der Waals surface area contributed by atoms with Crippen LogP contribution in [0.2, 0.25) is 0 Å². The van der Waals surface area contributed by atoms with E-state index in [0.717, 1.165) is 6.42 Å². The highest BCUT2D eigenvalue weighted by Crippen LogP contribution is 2.38. The first-order valence-electron chi connectivity index (χ1n) is 8.17. The topological polar surface area (TPSA) is 75.3 Å². The fourth-order valence-electron chi connectivity index (χ4n) is 2.71. The maximum Gasteiger partial charge on any atom is 0.269 e. The molecule has 6 heteroatoms. The predicted octanol–water partition coefficient (Wildman–Crippen LogP) is 3.17. The Balaban J connectivity index is 2.09. The molecule has 25 heavy (non-hydrogen) atoms. The number of amides is 1. The van der Waals surface area contributed by atoms with Crippen LogP contribution in [0.25, 0.3) is 5.70 Å². The first-order valence-corrected chi connectivity index (χ1v) is 9.65. The van der Waals surface area contributed by atoms with Crippen LogP contribution in [0.1, 0.15) is 25.8 Å². The summed E-state index contributed by atoms with van der Waals surface area (Å²) in [6.45, 7) is 3.95. The van der Waals surface area contributed by atoms with Crippen molar-refractivity contribution in [3.05, 3.63) is 65.1 Å². The molecule has 1 unspecified atom stereocenters. The van der Waals surface area contributed by atoms with Crippen molar-refractivity contribution in [3.8, 4) is 0 Å². The molecule has 1 aliphatic heterocycles. The van der Waals surface area contributed by atoms with Crippen LogP contribution < -0.4 is 10.6 Å². The molecule has 1 amide bonds. The molecule has 0 saturated heterocycles.